The van der Waals surface area contributed by atoms with E-state index in [4.69, 9.17) is 0 Å². The van der Waals surface area contributed by atoms with Crippen LogP contribution in [0.1, 0.15) is 30.4 Å². The summed E-state index contributed by atoms with van der Waals surface area (Å²) in [6.07, 6.45) is 1.08. The summed E-state index contributed by atoms with van der Waals surface area (Å²) in [6, 6.07) is 8.94. The Hall–Kier alpha value is -0.710. The van der Waals surface area contributed by atoms with Crippen LogP contribution >= 0.6 is 24.2 Å². The minimum atomic E-state index is 0. The SMILES string of the molecule is Cc1ccccc1C1CC(C)N(C(=O)[C@H]2CSCN2)C1.Cl. The lowest BCUT2D eigenvalue weighted by Crippen LogP contribution is -2.46. The highest BCUT2D eigenvalue weighted by Gasteiger charge is 2.37. The molecule has 3 atom stereocenters. The van der Waals surface area contributed by atoms with Gasteiger partial charge in [-0.2, -0.15) is 0 Å². The van der Waals surface area contributed by atoms with Gasteiger partial charge in [0.1, 0.15) is 0 Å². The van der Waals surface area contributed by atoms with E-state index in [0.29, 0.717) is 17.9 Å². The van der Waals surface area contributed by atoms with Gasteiger partial charge in [0.2, 0.25) is 5.91 Å². The first kappa shape index (κ1) is 16.7. The highest BCUT2D eigenvalue weighted by molar-refractivity contribution is 7.99. The van der Waals surface area contributed by atoms with Gasteiger partial charge in [-0.15, -0.1) is 24.2 Å². The molecule has 0 bridgehead atoms. The second-order valence-corrected chi connectivity index (χ2v) is 6.93. The number of rotatable bonds is 2. The van der Waals surface area contributed by atoms with Crippen LogP contribution in [0, 0.1) is 6.92 Å². The Balaban J connectivity index is 0.00000161. The second-order valence-electron chi connectivity index (χ2n) is 5.90. The number of carbonyl (C=O) groups is 1. The van der Waals surface area contributed by atoms with Crippen molar-refractivity contribution in [1.82, 2.24) is 10.2 Å². The lowest BCUT2D eigenvalue weighted by Gasteiger charge is -2.24. The molecule has 3 rings (SSSR count). The highest BCUT2D eigenvalue weighted by atomic mass is 35.5. The van der Waals surface area contributed by atoms with Crippen molar-refractivity contribution in [2.75, 3.05) is 18.2 Å². The first-order valence-electron chi connectivity index (χ1n) is 7.34. The fourth-order valence-electron chi connectivity index (χ4n) is 3.36. The maximum absolute atomic E-state index is 12.6. The number of nitrogens with one attached hydrogen (secondary N) is 1. The number of carbonyl (C=O) groups excluding carboxylic acids is 1. The van der Waals surface area contributed by atoms with Crippen LogP contribution < -0.4 is 5.32 Å². The van der Waals surface area contributed by atoms with Crippen LogP contribution in [0.5, 0.6) is 0 Å². The van der Waals surface area contributed by atoms with E-state index in [0.717, 1.165) is 24.6 Å². The maximum atomic E-state index is 12.6. The third kappa shape index (κ3) is 3.38. The number of likely N-dealkylation sites (tertiary alicyclic amines) is 1. The molecule has 0 radical (unpaired) electrons. The third-order valence-electron chi connectivity index (χ3n) is 4.50. The molecule has 1 aromatic rings. The zero-order chi connectivity index (χ0) is 14.1. The van der Waals surface area contributed by atoms with E-state index in [-0.39, 0.29) is 18.4 Å². The molecular formula is C16H23ClN2OS. The minimum absolute atomic E-state index is 0. The van der Waals surface area contributed by atoms with Gasteiger partial charge < -0.3 is 4.90 Å². The predicted octanol–water partition coefficient (Wildman–Crippen LogP) is 2.78. The Morgan fingerprint density at radius 2 is 2.14 bits per heavy atom. The normalized spacial score (nSPS) is 28.5. The molecular weight excluding hydrogens is 304 g/mol. The van der Waals surface area contributed by atoms with E-state index in [1.54, 1.807) is 0 Å². The van der Waals surface area contributed by atoms with E-state index in [9.17, 15) is 4.79 Å². The predicted molar refractivity (Wildman–Crippen MR) is 91.2 cm³/mol. The van der Waals surface area contributed by atoms with Crippen LogP contribution in [-0.4, -0.2) is 41.1 Å². The second kappa shape index (κ2) is 7.03. The van der Waals surface area contributed by atoms with Crippen molar-refractivity contribution in [2.45, 2.75) is 38.3 Å². The summed E-state index contributed by atoms with van der Waals surface area (Å²) < 4.78 is 0. The van der Waals surface area contributed by atoms with Gasteiger partial charge in [0.25, 0.3) is 0 Å². The Morgan fingerprint density at radius 1 is 1.38 bits per heavy atom. The molecule has 1 amide bonds. The summed E-state index contributed by atoms with van der Waals surface area (Å²) in [4.78, 5) is 14.7. The van der Waals surface area contributed by atoms with Gasteiger partial charge in [-0.3, -0.25) is 10.1 Å². The Bertz CT molecular complexity index is 505. The molecule has 2 heterocycles. The molecule has 2 saturated heterocycles. The fourth-order valence-corrected chi connectivity index (χ4v) is 4.30. The number of benzene rings is 1. The number of aryl methyl sites for hydroxylation is 1. The quantitative estimate of drug-likeness (QED) is 0.907. The fraction of sp³-hybridized carbons (Fsp3) is 0.562. The molecule has 0 aliphatic carbocycles. The van der Waals surface area contributed by atoms with Crippen LogP contribution in [0.15, 0.2) is 24.3 Å². The lowest BCUT2D eigenvalue weighted by molar-refractivity contribution is -0.133. The molecule has 2 aliphatic heterocycles. The number of thioether (sulfide) groups is 1. The van der Waals surface area contributed by atoms with E-state index in [1.165, 1.54) is 11.1 Å². The average molecular weight is 327 g/mol. The molecule has 5 heteroatoms. The summed E-state index contributed by atoms with van der Waals surface area (Å²) in [7, 11) is 0. The van der Waals surface area contributed by atoms with Crippen molar-refractivity contribution in [1.29, 1.82) is 0 Å². The monoisotopic (exact) mass is 326 g/mol. The van der Waals surface area contributed by atoms with Crippen LogP contribution in [0.3, 0.4) is 0 Å². The van der Waals surface area contributed by atoms with Crippen molar-refractivity contribution in [3.63, 3.8) is 0 Å². The third-order valence-corrected chi connectivity index (χ3v) is 5.44. The van der Waals surface area contributed by atoms with Crippen LogP contribution in [0.25, 0.3) is 0 Å². The minimum Gasteiger partial charge on any atom is -0.338 e. The van der Waals surface area contributed by atoms with Gasteiger partial charge >= 0.3 is 0 Å². The summed E-state index contributed by atoms with van der Waals surface area (Å²) >= 11 is 1.81. The average Bonchev–Trinajstić information content (AvgIpc) is 3.08. The number of amides is 1. The van der Waals surface area contributed by atoms with Crippen LogP contribution in [0.2, 0.25) is 0 Å². The molecule has 1 aromatic carbocycles. The van der Waals surface area contributed by atoms with Crippen molar-refractivity contribution >= 4 is 30.1 Å². The maximum Gasteiger partial charge on any atom is 0.240 e. The molecule has 21 heavy (non-hydrogen) atoms. The van der Waals surface area contributed by atoms with Crippen molar-refractivity contribution < 1.29 is 4.79 Å². The van der Waals surface area contributed by atoms with E-state index >= 15 is 0 Å². The zero-order valence-corrected chi connectivity index (χ0v) is 14.2. The number of hydrogen-bond acceptors (Lipinski definition) is 3. The molecule has 1 N–H and O–H groups in total. The number of halogens is 1. The Morgan fingerprint density at radius 3 is 2.81 bits per heavy atom. The number of hydrogen-bond donors (Lipinski definition) is 1. The summed E-state index contributed by atoms with van der Waals surface area (Å²) in [5.74, 6) is 2.60. The standard InChI is InChI=1S/C16H22N2OS.ClH/c1-11-5-3-4-6-14(11)13-7-12(2)18(8-13)16(19)15-9-20-10-17-15;/h3-6,12-13,15,17H,7-10H2,1-2H3;1H/t12?,13?,15-;/m1./s1. The highest BCUT2D eigenvalue weighted by Crippen LogP contribution is 2.33. The lowest BCUT2D eigenvalue weighted by atomic mass is 9.93. The van der Waals surface area contributed by atoms with Crippen molar-refractivity contribution in [2.24, 2.45) is 0 Å². The van der Waals surface area contributed by atoms with E-state index < -0.39 is 0 Å². The molecule has 0 spiro atoms. The smallest absolute Gasteiger partial charge is 0.240 e. The first-order chi connectivity index (χ1) is 9.66. The summed E-state index contributed by atoms with van der Waals surface area (Å²) in [6.45, 7) is 5.21. The van der Waals surface area contributed by atoms with Gasteiger partial charge in [0.15, 0.2) is 0 Å². The van der Waals surface area contributed by atoms with Crippen LogP contribution in [0.4, 0.5) is 0 Å². The van der Waals surface area contributed by atoms with E-state index in [2.05, 4.69) is 48.3 Å². The molecule has 2 unspecified atom stereocenters. The van der Waals surface area contributed by atoms with E-state index in [1.807, 2.05) is 11.8 Å². The summed E-state index contributed by atoms with van der Waals surface area (Å²) in [5.41, 5.74) is 2.75. The zero-order valence-electron chi connectivity index (χ0n) is 12.5. The van der Waals surface area contributed by atoms with Gasteiger partial charge in [0.05, 0.1) is 6.04 Å². The van der Waals surface area contributed by atoms with Gasteiger partial charge in [0, 0.05) is 30.1 Å². The number of nitrogens with zero attached hydrogens (tertiary/aromatic N) is 1. The molecule has 0 saturated carbocycles. The van der Waals surface area contributed by atoms with Crippen molar-refractivity contribution in [3.05, 3.63) is 35.4 Å². The summed E-state index contributed by atoms with van der Waals surface area (Å²) in [5, 5.41) is 3.29. The molecule has 2 aliphatic rings. The van der Waals surface area contributed by atoms with Crippen molar-refractivity contribution in [3.8, 4) is 0 Å². The first-order valence-corrected chi connectivity index (χ1v) is 8.49. The Labute approximate surface area is 137 Å². The van der Waals surface area contributed by atoms with Crippen LogP contribution in [-0.2, 0) is 4.79 Å². The molecule has 3 nitrogen and oxygen atoms in total. The van der Waals surface area contributed by atoms with Gasteiger partial charge in [-0.1, -0.05) is 24.3 Å². The molecule has 116 valence electrons. The Kier molecular flexibility index (Phi) is 5.58. The largest absolute Gasteiger partial charge is 0.338 e. The van der Waals surface area contributed by atoms with Gasteiger partial charge in [-0.05, 0) is 31.4 Å². The topological polar surface area (TPSA) is 32.3 Å². The van der Waals surface area contributed by atoms with Gasteiger partial charge in [-0.25, -0.2) is 0 Å². The molecule has 0 aromatic heterocycles. The molecule has 2 fully saturated rings.